The minimum absolute atomic E-state index is 0.601. The normalized spacial score (nSPS) is 10.8. The molecule has 2 rings (SSSR count). The van der Waals surface area contributed by atoms with Gasteiger partial charge in [0.2, 0.25) is 0 Å². The lowest BCUT2D eigenvalue weighted by atomic mass is 10.2. The number of thiophene rings is 1. The van der Waals surface area contributed by atoms with Crippen molar-refractivity contribution in [3.8, 4) is 0 Å². The fourth-order valence-corrected chi connectivity index (χ4v) is 2.75. The van der Waals surface area contributed by atoms with Gasteiger partial charge in [0.1, 0.15) is 0 Å². The maximum absolute atomic E-state index is 5.96. The van der Waals surface area contributed by atoms with Crippen molar-refractivity contribution in [1.29, 1.82) is 0 Å². The lowest BCUT2D eigenvalue weighted by Gasteiger charge is -2.05. The van der Waals surface area contributed by atoms with E-state index in [1.54, 1.807) is 11.3 Å². The molecule has 0 bridgehead atoms. The zero-order valence-corrected chi connectivity index (χ0v) is 11.8. The molecule has 0 fully saturated rings. The van der Waals surface area contributed by atoms with Gasteiger partial charge in [0, 0.05) is 18.0 Å². The van der Waals surface area contributed by atoms with E-state index in [9.17, 15) is 0 Å². The van der Waals surface area contributed by atoms with Gasteiger partial charge < -0.3 is 5.32 Å². The first-order chi connectivity index (χ1) is 8.16. The zero-order chi connectivity index (χ0) is 12.3. The Morgan fingerprint density at radius 3 is 2.59 bits per heavy atom. The van der Waals surface area contributed by atoms with Crippen molar-refractivity contribution < 1.29 is 0 Å². The highest BCUT2D eigenvalue weighted by Gasteiger charge is 2.01. The third kappa shape index (κ3) is 3.46. The Bertz CT molecular complexity index is 508. The standard InChI is InChI=1S/C13H13Cl2NS/c1-9-4-5-17-13(9)8-16-7-10-2-3-11(14)12(15)6-10/h2-6,16H,7-8H2,1H3. The van der Waals surface area contributed by atoms with Crippen LogP contribution in [0.3, 0.4) is 0 Å². The van der Waals surface area contributed by atoms with Gasteiger partial charge in [-0.2, -0.15) is 0 Å². The predicted octanol–water partition coefficient (Wildman–Crippen LogP) is 4.65. The molecule has 1 heterocycles. The first-order valence-electron chi connectivity index (χ1n) is 5.34. The molecule has 4 heteroatoms. The maximum Gasteiger partial charge on any atom is 0.0595 e. The average molecular weight is 286 g/mol. The fourth-order valence-electron chi connectivity index (χ4n) is 1.56. The molecule has 0 aliphatic carbocycles. The third-order valence-corrected chi connectivity index (χ3v) is 4.33. The molecule has 0 aliphatic rings. The van der Waals surface area contributed by atoms with Crippen LogP contribution >= 0.6 is 34.5 Å². The van der Waals surface area contributed by atoms with E-state index in [1.165, 1.54) is 10.4 Å². The van der Waals surface area contributed by atoms with Gasteiger partial charge in [0.05, 0.1) is 10.0 Å². The molecule has 1 N–H and O–H groups in total. The maximum atomic E-state index is 5.96. The minimum atomic E-state index is 0.601. The summed E-state index contributed by atoms with van der Waals surface area (Å²) in [6.07, 6.45) is 0. The lowest BCUT2D eigenvalue weighted by molar-refractivity contribution is 0.699. The van der Waals surface area contributed by atoms with Crippen LogP contribution in [0, 0.1) is 6.92 Å². The second kappa shape index (κ2) is 5.87. The summed E-state index contributed by atoms with van der Waals surface area (Å²) in [5.41, 5.74) is 2.49. The van der Waals surface area contributed by atoms with Gasteiger partial charge in [-0.05, 0) is 41.6 Å². The van der Waals surface area contributed by atoms with Crippen molar-refractivity contribution >= 4 is 34.5 Å². The number of halogens is 2. The Kier molecular flexibility index (Phi) is 4.46. The van der Waals surface area contributed by atoms with Crippen molar-refractivity contribution in [3.63, 3.8) is 0 Å². The SMILES string of the molecule is Cc1ccsc1CNCc1ccc(Cl)c(Cl)c1. The first-order valence-corrected chi connectivity index (χ1v) is 6.98. The van der Waals surface area contributed by atoms with Gasteiger partial charge in [-0.15, -0.1) is 11.3 Å². The van der Waals surface area contributed by atoms with Crippen LogP contribution in [0.4, 0.5) is 0 Å². The van der Waals surface area contributed by atoms with E-state index in [4.69, 9.17) is 23.2 Å². The number of hydrogen-bond donors (Lipinski definition) is 1. The molecule has 0 spiro atoms. The second-order valence-corrected chi connectivity index (χ2v) is 5.69. The molecule has 90 valence electrons. The summed E-state index contributed by atoms with van der Waals surface area (Å²) < 4.78 is 0. The molecule has 0 radical (unpaired) electrons. The van der Waals surface area contributed by atoms with Gasteiger partial charge in [-0.3, -0.25) is 0 Å². The Morgan fingerprint density at radius 2 is 1.94 bits per heavy atom. The van der Waals surface area contributed by atoms with Crippen molar-refractivity contribution in [1.82, 2.24) is 5.32 Å². The molecule has 0 saturated heterocycles. The lowest BCUT2D eigenvalue weighted by Crippen LogP contribution is -2.12. The highest BCUT2D eigenvalue weighted by atomic mass is 35.5. The number of aryl methyl sites for hydroxylation is 1. The van der Waals surface area contributed by atoms with Crippen LogP contribution in [0.1, 0.15) is 16.0 Å². The number of nitrogens with one attached hydrogen (secondary N) is 1. The van der Waals surface area contributed by atoms with Gasteiger partial charge in [0.15, 0.2) is 0 Å². The number of rotatable bonds is 4. The van der Waals surface area contributed by atoms with E-state index in [1.807, 2.05) is 18.2 Å². The van der Waals surface area contributed by atoms with E-state index in [0.29, 0.717) is 10.0 Å². The van der Waals surface area contributed by atoms with Gasteiger partial charge in [0.25, 0.3) is 0 Å². The van der Waals surface area contributed by atoms with Crippen molar-refractivity contribution in [2.75, 3.05) is 0 Å². The molecular weight excluding hydrogens is 273 g/mol. The highest BCUT2D eigenvalue weighted by molar-refractivity contribution is 7.10. The largest absolute Gasteiger partial charge is 0.308 e. The molecule has 1 aromatic carbocycles. The minimum Gasteiger partial charge on any atom is -0.308 e. The monoisotopic (exact) mass is 285 g/mol. The quantitative estimate of drug-likeness (QED) is 0.862. The summed E-state index contributed by atoms with van der Waals surface area (Å²) >= 11 is 13.6. The molecule has 0 saturated carbocycles. The van der Waals surface area contributed by atoms with Crippen LogP contribution < -0.4 is 5.32 Å². The van der Waals surface area contributed by atoms with Crippen LogP contribution in [-0.2, 0) is 13.1 Å². The number of hydrogen-bond acceptors (Lipinski definition) is 2. The summed E-state index contributed by atoms with van der Waals surface area (Å²) in [6, 6.07) is 7.86. The van der Waals surface area contributed by atoms with Crippen molar-refractivity contribution in [3.05, 3.63) is 55.7 Å². The summed E-state index contributed by atoms with van der Waals surface area (Å²) in [4.78, 5) is 1.38. The summed E-state index contributed by atoms with van der Waals surface area (Å²) in [5.74, 6) is 0. The molecule has 0 atom stereocenters. The molecule has 1 nitrogen and oxygen atoms in total. The molecule has 2 aromatic rings. The smallest absolute Gasteiger partial charge is 0.0595 e. The Morgan fingerprint density at radius 1 is 1.12 bits per heavy atom. The summed E-state index contributed by atoms with van der Waals surface area (Å²) in [7, 11) is 0. The van der Waals surface area contributed by atoms with E-state index in [2.05, 4.69) is 23.7 Å². The molecule has 0 aliphatic heterocycles. The molecular formula is C13H13Cl2NS. The van der Waals surface area contributed by atoms with E-state index >= 15 is 0 Å². The van der Waals surface area contributed by atoms with Crippen LogP contribution in [0.2, 0.25) is 10.0 Å². The van der Waals surface area contributed by atoms with E-state index in [-0.39, 0.29) is 0 Å². The number of benzene rings is 1. The Hall–Kier alpha value is -0.540. The molecule has 1 aromatic heterocycles. The highest BCUT2D eigenvalue weighted by Crippen LogP contribution is 2.22. The topological polar surface area (TPSA) is 12.0 Å². The van der Waals surface area contributed by atoms with Crippen LogP contribution in [0.5, 0.6) is 0 Å². The third-order valence-electron chi connectivity index (χ3n) is 2.57. The second-order valence-electron chi connectivity index (χ2n) is 3.88. The molecule has 0 amide bonds. The Balaban J connectivity index is 1.90. The van der Waals surface area contributed by atoms with Crippen molar-refractivity contribution in [2.24, 2.45) is 0 Å². The van der Waals surface area contributed by atoms with Crippen LogP contribution in [0.25, 0.3) is 0 Å². The first kappa shape index (κ1) is 12.9. The predicted molar refractivity (Wildman–Crippen MR) is 76.1 cm³/mol. The van der Waals surface area contributed by atoms with E-state index in [0.717, 1.165) is 18.7 Å². The fraction of sp³-hybridized carbons (Fsp3) is 0.231. The Labute approximate surface area is 115 Å². The molecule has 0 unspecified atom stereocenters. The molecule has 17 heavy (non-hydrogen) atoms. The average Bonchev–Trinajstić information content (AvgIpc) is 2.70. The summed E-state index contributed by atoms with van der Waals surface area (Å²) in [6.45, 7) is 3.82. The van der Waals surface area contributed by atoms with E-state index < -0.39 is 0 Å². The van der Waals surface area contributed by atoms with Crippen LogP contribution in [0.15, 0.2) is 29.6 Å². The van der Waals surface area contributed by atoms with Gasteiger partial charge in [-0.1, -0.05) is 29.3 Å². The zero-order valence-electron chi connectivity index (χ0n) is 9.47. The van der Waals surface area contributed by atoms with Gasteiger partial charge >= 0.3 is 0 Å². The summed E-state index contributed by atoms with van der Waals surface area (Å²) in [5, 5.41) is 6.73. The van der Waals surface area contributed by atoms with Crippen molar-refractivity contribution in [2.45, 2.75) is 20.0 Å². The van der Waals surface area contributed by atoms with Gasteiger partial charge in [-0.25, -0.2) is 0 Å². The van der Waals surface area contributed by atoms with Crippen LogP contribution in [-0.4, -0.2) is 0 Å².